The Morgan fingerprint density at radius 3 is 1.32 bits per heavy atom. The third-order valence-electron chi connectivity index (χ3n) is 14.9. The Morgan fingerprint density at radius 2 is 0.803 bits per heavy atom. The number of hydrogen-bond donors (Lipinski definition) is 0. The van der Waals surface area contributed by atoms with Crippen LogP contribution in [0.1, 0.15) is 50.7 Å². The molecule has 4 heteroatoms. The monoisotopic (exact) mass is 860 g/mol. The molecule has 0 aliphatic carbocycles. The van der Waals surface area contributed by atoms with Crippen LogP contribution in [0.2, 0.25) is 0 Å². The van der Waals surface area contributed by atoms with Crippen molar-refractivity contribution in [3.63, 3.8) is 0 Å². The molecule has 0 N–H and O–H groups in total. The van der Waals surface area contributed by atoms with Gasteiger partial charge in [-0.15, -0.1) is 11.3 Å². The maximum absolute atomic E-state index is 2.63. The van der Waals surface area contributed by atoms with Gasteiger partial charge in [0.1, 0.15) is 0 Å². The molecule has 3 heterocycles. The average Bonchev–Trinajstić information content (AvgIpc) is 3.74. The topological polar surface area (TPSA) is 6.48 Å². The van der Waals surface area contributed by atoms with E-state index in [0.29, 0.717) is 11.8 Å². The molecule has 2 nitrogen and oxygen atoms in total. The maximum atomic E-state index is 2.63. The number of anilines is 6. The predicted octanol–water partition coefficient (Wildman–Crippen LogP) is 16.1. The highest BCUT2D eigenvalue weighted by atomic mass is 32.1. The van der Waals surface area contributed by atoms with E-state index in [-0.39, 0.29) is 6.71 Å². The molecule has 2 aliphatic rings. The molecule has 1 aromatic heterocycles. The lowest BCUT2D eigenvalue weighted by atomic mass is 9.36. The van der Waals surface area contributed by atoms with Crippen molar-refractivity contribution in [3.8, 4) is 0 Å². The highest BCUT2D eigenvalue weighted by Gasteiger charge is 2.45. The van der Waals surface area contributed by atoms with E-state index in [9.17, 15) is 0 Å². The fourth-order valence-corrected chi connectivity index (χ4v) is 13.1. The average molecular weight is 861 g/mol. The second-order valence-corrected chi connectivity index (χ2v) is 20.2. The molecule has 0 fully saturated rings. The zero-order chi connectivity index (χ0) is 43.9. The van der Waals surface area contributed by atoms with Gasteiger partial charge in [-0.2, -0.15) is 0 Å². The number of thiophene rings is 1. The van der Waals surface area contributed by atoms with E-state index in [4.69, 9.17) is 0 Å². The van der Waals surface area contributed by atoms with E-state index in [1.165, 1.54) is 136 Å². The lowest BCUT2D eigenvalue weighted by Gasteiger charge is -2.43. The quantitative estimate of drug-likeness (QED) is 0.128. The Balaban J connectivity index is 1.08. The molecule has 66 heavy (non-hydrogen) atoms. The Labute approximate surface area is 389 Å². The third kappa shape index (κ3) is 5.25. The van der Waals surface area contributed by atoms with E-state index in [0.717, 1.165) is 0 Å². The second-order valence-electron chi connectivity index (χ2n) is 19.2. The van der Waals surface area contributed by atoms with Crippen molar-refractivity contribution in [2.24, 2.45) is 0 Å². The van der Waals surface area contributed by atoms with Crippen molar-refractivity contribution < 1.29 is 0 Å². The largest absolute Gasteiger partial charge is 0.311 e. The van der Waals surface area contributed by atoms with Crippen LogP contribution in [0.3, 0.4) is 0 Å². The first kappa shape index (κ1) is 37.9. The van der Waals surface area contributed by atoms with E-state index >= 15 is 0 Å². The highest BCUT2D eigenvalue weighted by molar-refractivity contribution is 7.33. The number of benzene rings is 11. The Morgan fingerprint density at radius 1 is 0.364 bits per heavy atom. The van der Waals surface area contributed by atoms with E-state index < -0.39 is 0 Å². The zero-order valence-electron chi connectivity index (χ0n) is 37.4. The summed E-state index contributed by atoms with van der Waals surface area (Å²) in [7, 11) is 0. The fourth-order valence-electron chi connectivity index (χ4n) is 11.8. The van der Waals surface area contributed by atoms with Crippen molar-refractivity contribution in [1.82, 2.24) is 0 Å². The van der Waals surface area contributed by atoms with Crippen LogP contribution in [0.25, 0.3) is 74.7 Å². The number of hydrogen-bond acceptors (Lipinski definition) is 3. The van der Waals surface area contributed by atoms with Crippen molar-refractivity contribution >= 4 is 143 Å². The Hall–Kier alpha value is -7.40. The molecule has 0 radical (unpaired) electrons. The molecule has 0 saturated carbocycles. The van der Waals surface area contributed by atoms with Crippen LogP contribution in [0.4, 0.5) is 34.1 Å². The summed E-state index contributed by atoms with van der Waals surface area (Å²) in [5.74, 6) is 0.801. The second kappa shape index (κ2) is 14.1. The summed E-state index contributed by atoms with van der Waals surface area (Å²) in [6.45, 7) is 9.34. The molecule has 0 saturated heterocycles. The molecule has 11 aromatic carbocycles. The molecule has 0 bridgehead atoms. The summed E-state index contributed by atoms with van der Waals surface area (Å²) in [5, 5.41) is 16.8. The number of fused-ring (bicyclic) bond motifs is 18. The molecule has 0 atom stereocenters. The van der Waals surface area contributed by atoms with Crippen molar-refractivity contribution in [2.45, 2.75) is 39.5 Å². The van der Waals surface area contributed by atoms with Crippen molar-refractivity contribution in [2.75, 3.05) is 9.80 Å². The standard InChI is InChI=1S/C62H45BN2S/c1-36(2)38-25-31-59-54(32-38)61-62(66-59)63-55-33-39(37(3)4)24-30-56(55)64(40-26-28-50-46-18-7-5-14-42(46)44-16-9-11-20-48(44)52(50)34-40)57-22-13-23-58(60(57)63)65(61)41-27-29-51-47-19-8-6-15-43(47)45-17-10-12-21-49(45)53(51)35-41/h5-37H,1-4H3. The van der Waals surface area contributed by atoms with E-state index in [1.807, 2.05) is 11.3 Å². The van der Waals surface area contributed by atoms with Crippen LogP contribution in [0.15, 0.2) is 188 Å². The van der Waals surface area contributed by atoms with Crippen LogP contribution in [-0.2, 0) is 0 Å². The lowest BCUT2D eigenvalue weighted by molar-refractivity contribution is 0.868. The van der Waals surface area contributed by atoms with Crippen molar-refractivity contribution in [1.29, 1.82) is 0 Å². The Kier molecular flexibility index (Phi) is 8.08. The molecule has 0 amide bonds. The van der Waals surface area contributed by atoms with Gasteiger partial charge in [0.15, 0.2) is 0 Å². The van der Waals surface area contributed by atoms with Gasteiger partial charge in [-0.05, 0) is 153 Å². The summed E-state index contributed by atoms with van der Waals surface area (Å²) < 4.78 is 2.74. The molecular formula is C62H45BN2S. The van der Waals surface area contributed by atoms with Gasteiger partial charge in [0.25, 0.3) is 6.71 Å². The van der Waals surface area contributed by atoms with Gasteiger partial charge in [-0.1, -0.05) is 161 Å². The van der Waals surface area contributed by atoms with Crippen LogP contribution in [0, 0.1) is 0 Å². The molecule has 312 valence electrons. The van der Waals surface area contributed by atoms with Crippen LogP contribution in [0.5, 0.6) is 0 Å². The minimum Gasteiger partial charge on any atom is -0.311 e. The van der Waals surface area contributed by atoms with E-state index in [2.05, 4.69) is 226 Å². The summed E-state index contributed by atoms with van der Waals surface area (Å²) >= 11 is 1.98. The van der Waals surface area contributed by atoms with Crippen LogP contribution >= 0.6 is 11.3 Å². The van der Waals surface area contributed by atoms with Gasteiger partial charge < -0.3 is 9.80 Å². The minimum absolute atomic E-state index is 0.0581. The summed E-state index contributed by atoms with van der Waals surface area (Å²) in [4.78, 5) is 5.21. The summed E-state index contributed by atoms with van der Waals surface area (Å²) in [5.41, 5.74) is 12.9. The molecule has 12 aromatic rings. The molecular weight excluding hydrogens is 816 g/mol. The zero-order valence-corrected chi connectivity index (χ0v) is 38.2. The van der Waals surface area contributed by atoms with Gasteiger partial charge in [-0.3, -0.25) is 0 Å². The van der Waals surface area contributed by atoms with Gasteiger partial charge in [0.05, 0.1) is 5.69 Å². The highest BCUT2D eigenvalue weighted by Crippen LogP contribution is 2.50. The van der Waals surface area contributed by atoms with E-state index in [1.54, 1.807) is 0 Å². The minimum atomic E-state index is 0.0581. The van der Waals surface area contributed by atoms with Crippen LogP contribution in [-0.4, -0.2) is 6.71 Å². The number of rotatable bonds is 4. The van der Waals surface area contributed by atoms with Gasteiger partial charge in [0, 0.05) is 43.3 Å². The molecule has 0 spiro atoms. The lowest BCUT2D eigenvalue weighted by Crippen LogP contribution is -2.60. The van der Waals surface area contributed by atoms with Gasteiger partial charge in [-0.25, -0.2) is 0 Å². The van der Waals surface area contributed by atoms with Crippen LogP contribution < -0.4 is 25.5 Å². The SMILES string of the molecule is CC(C)c1ccc2c(c1)B1c3sc4ccc(C(C)C)cc4c3N(c3ccc4c5ccccc5c5ccccc5c4c3)c3cccc(c31)N2c1ccc2c3ccccc3c3ccccc3c2c1. The maximum Gasteiger partial charge on any atom is 0.264 e. The predicted molar refractivity (Wildman–Crippen MR) is 289 cm³/mol. The summed E-state index contributed by atoms with van der Waals surface area (Å²) in [6.07, 6.45) is 0. The number of nitrogens with zero attached hydrogens (tertiary/aromatic N) is 2. The normalized spacial score (nSPS) is 13.3. The first-order valence-electron chi connectivity index (χ1n) is 23.5. The fraction of sp³-hybridized carbons (Fsp3) is 0.0968. The third-order valence-corrected chi connectivity index (χ3v) is 16.2. The first-order valence-corrected chi connectivity index (χ1v) is 24.3. The molecule has 14 rings (SSSR count). The molecule has 2 aliphatic heterocycles. The van der Waals surface area contributed by atoms with Crippen molar-refractivity contribution in [3.05, 3.63) is 199 Å². The molecule has 0 unspecified atom stereocenters. The Bertz CT molecular complexity index is 3980. The van der Waals surface area contributed by atoms with Gasteiger partial charge >= 0.3 is 0 Å². The van der Waals surface area contributed by atoms with Gasteiger partial charge in [0.2, 0.25) is 0 Å². The first-order chi connectivity index (χ1) is 32.4. The smallest absolute Gasteiger partial charge is 0.264 e. The summed E-state index contributed by atoms with van der Waals surface area (Å²) in [6, 6.07) is 71.8.